The van der Waals surface area contributed by atoms with Gasteiger partial charge in [-0.2, -0.15) is 5.10 Å². The molecule has 0 atom stereocenters. The van der Waals surface area contributed by atoms with Gasteiger partial charge in [0.25, 0.3) is 0 Å². The van der Waals surface area contributed by atoms with Gasteiger partial charge in [-0.05, 0) is 85.5 Å². The molecule has 0 aliphatic carbocycles. The molecule has 3 aromatic carbocycles. The Labute approximate surface area is 229 Å². The van der Waals surface area contributed by atoms with Crippen LogP contribution in [0.3, 0.4) is 0 Å². The highest BCUT2D eigenvalue weighted by Crippen LogP contribution is 2.37. The lowest BCUT2D eigenvalue weighted by atomic mass is 10.2. The van der Waals surface area contributed by atoms with Gasteiger partial charge >= 0.3 is 5.91 Å². The highest BCUT2D eigenvalue weighted by molar-refractivity contribution is 9.11. The third kappa shape index (κ3) is 5.91. The van der Waals surface area contributed by atoms with E-state index in [0.29, 0.717) is 33.7 Å². The average molecular weight is 716 g/mol. The van der Waals surface area contributed by atoms with E-state index >= 15 is 0 Å². The maximum absolute atomic E-state index is 12.5. The summed E-state index contributed by atoms with van der Waals surface area (Å²) >= 11 is 13.8. The molecule has 0 saturated heterocycles. The molecule has 1 heterocycles. The van der Waals surface area contributed by atoms with E-state index in [1.54, 1.807) is 19.2 Å². The van der Waals surface area contributed by atoms with Crippen LogP contribution in [0.1, 0.15) is 21.7 Å². The van der Waals surface area contributed by atoms with Crippen molar-refractivity contribution in [3.8, 4) is 11.5 Å². The van der Waals surface area contributed by atoms with Crippen molar-refractivity contribution < 1.29 is 18.7 Å². The van der Waals surface area contributed by atoms with Gasteiger partial charge in [0.2, 0.25) is 0 Å². The van der Waals surface area contributed by atoms with Crippen molar-refractivity contribution in [3.63, 3.8) is 0 Å². The van der Waals surface area contributed by atoms with E-state index in [-0.39, 0.29) is 5.76 Å². The molecule has 10 heteroatoms. The molecule has 34 heavy (non-hydrogen) atoms. The molecule has 0 aliphatic rings. The zero-order valence-electron chi connectivity index (χ0n) is 17.6. The molecule has 174 valence electrons. The van der Waals surface area contributed by atoms with Crippen molar-refractivity contribution in [2.75, 3.05) is 7.11 Å². The zero-order valence-corrected chi connectivity index (χ0v) is 23.9. The Hall–Kier alpha value is -2.14. The van der Waals surface area contributed by atoms with E-state index in [9.17, 15) is 4.79 Å². The number of carbonyl (C=O) groups excluding carboxylic acids is 1. The predicted octanol–water partition coefficient (Wildman–Crippen LogP) is 7.83. The minimum absolute atomic E-state index is 0.154. The van der Waals surface area contributed by atoms with Crippen LogP contribution in [0.2, 0.25) is 0 Å². The SMILES string of the molecule is COc1cc(/C=N\NC(=O)c2cc3cc(Br)cc(Br)c3o2)cc(Br)c1OCc1ccc(Br)cc1. The number of fused-ring (bicyclic) bond motifs is 1. The molecule has 1 amide bonds. The number of hydrazone groups is 1. The first kappa shape index (κ1) is 25.0. The Kier molecular flexibility index (Phi) is 8.13. The molecule has 0 unspecified atom stereocenters. The molecule has 0 fully saturated rings. The summed E-state index contributed by atoms with van der Waals surface area (Å²) in [6, 6.07) is 16.9. The summed E-state index contributed by atoms with van der Waals surface area (Å²) in [4.78, 5) is 12.5. The van der Waals surface area contributed by atoms with Crippen molar-refractivity contribution in [2.45, 2.75) is 6.61 Å². The molecule has 4 rings (SSSR count). The van der Waals surface area contributed by atoms with E-state index in [4.69, 9.17) is 13.9 Å². The highest BCUT2D eigenvalue weighted by Gasteiger charge is 2.15. The minimum Gasteiger partial charge on any atom is -0.493 e. The van der Waals surface area contributed by atoms with Crippen LogP contribution in [0.25, 0.3) is 11.0 Å². The van der Waals surface area contributed by atoms with Gasteiger partial charge in [0, 0.05) is 14.3 Å². The number of nitrogens with one attached hydrogen (secondary N) is 1. The number of amides is 1. The number of rotatable bonds is 7. The van der Waals surface area contributed by atoms with Crippen molar-refractivity contribution in [2.24, 2.45) is 5.10 Å². The van der Waals surface area contributed by atoms with Crippen LogP contribution in [0.15, 0.2) is 82.0 Å². The summed E-state index contributed by atoms with van der Waals surface area (Å²) in [7, 11) is 1.56. The molecule has 1 N–H and O–H groups in total. The molecule has 0 radical (unpaired) electrons. The Morgan fingerprint density at radius 1 is 1.00 bits per heavy atom. The summed E-state index contributed by atoms with van der Waals surface area (Å²) in [6.45, 7) is 0.385. The highest BCUT2D eigenvalue weighted by atomic mass is 79.9. The van der Waals surface area contributed by atoms with Crippen LogP contribution in [-0.2, 0) is 6.61 Å². The standard InChI is InChI=1S/C24H16Br4N2O4/c1-32-20-7-14(6-18(27)23(20)33-12-13-2-4-16(25)5-3-13)11-29-30-24(31)21-9-15-8-17(26)10-19(28)22(15)34-21/h2-11H,12H2,1H3,(H,30,31)/b29-11-. The van der Waals surface area contributed by atoms with Crippen molar-refractivity contribution in [1.29, 1.82) is 0 Å². The van der Waals surface area contributed by atoms with E-state index in [1.807, 2.05) is 42.5 Å². The monoisotopic (exact) mass is 712 g/mol. The van der Waals surface area contributed by atoms with Crippen LogP contribution < -0.4 is 14.9 Å². The van der Waals surface area contributed by atoms with Gasteiger partial charge < -0.3 is 13.9 Å². The summed E-state index contributed by atoms with van der Waals surface area (Å²) in [5.41, 5.74) is 4.80. The third-order valence-electron chi connectivity index (χ3n) is 4.69. The molecule has 0 bridgehead atoms. The van der Waals surface area contributed by atoms with Gasteiger partial charge in [0.05, 0.1) is 22.3 Å². The van der Waals surface area contributed by atoms with Crippen LogP contribution in [0.5, 0.6) is 11.5 Å². The normalized spacial score (nSPS) is 11.2. The summed E-state index contributed by atoms with van der Waals surface area (Å²) < 4.78 is 20.4. The summed E-state index contributed by atoms with van der Waals surface area (Å²) in [5.74, 6) is 0.801. The van der Waals surface area contributed by atoms with Crippen molar-refractivity contribution in [3.05, 3.63) is 89.4 Å². The first-order valence-corrected chi connectivity index (χ1v) is 13.0. The maximum atomic E-state index is 12.5. The van der Waals surface area contributed by atoms with Crippen molar-refractivity contribution >= 4 is 86.8 Å². The van der Waals surface area contributed by atoms with Gasteiger partial charge in [-0.25, -0.2) is 5.43 Å². The maximum Gasteiger partial charge on any atom is 0.307 e. The number of nitrogens with zero attached hydrogens (tertiary/aromatic N) is 1. The molecule has 0 spiro atoms. The zero-order chi connectivity index (χ0) is 24.2. The van der Waals surface area contributed by atoms with E-state index in [0.717, 1.165) is 24.4 Å². The van der Waals surface area contributed by atoms with Gasteiger partial charge in [-0.3, -0.25) is 4.79 Å². The Morgan fingerprint density at radius 3 is 2.50 bits per heavy atom. The average Bonchev–Trinajstić information content (AvgIpc) is 3.23. The second kappa shape index (κ2) is 11.1. The molecule has 1 aromatic heterocycles. The van der Waals surface area contributed by atoms with E-state index in [2.05, 4.69) is 74.2 Å². The number of methoxy groups -OCH3 is 1. The van der Waals surface area contributed by atoms with Gasteiger partial charge in [-0.15, -0.1) is 0 Å². The molecule has 6 nitrogen and oxygen atoms in total. The van der Waals surface area contributed by atoms with Gasteiger partial charge in [0.15, 0.2) is 17.3 Å². The predicted molar refractivity (Wildman–Crippen MR) is 146 cm³/mol. The fourth-order valence-corrected chi connectivity index (χ4v) is 5.28. The number of benzene rings is 3. The lowest BCUT2D eigenvalue weighted by molar-refractivity contribution is 0.0929. The van der Waals surface area contributed by atoms with E-state index < -0.39 is 5.91 Å². The number of carbonyl (C=O) groups is 1. The van der Waals surface area contributed by atoms with Crippen LogP contribution in [0.4, 0.5) is 0 Å². The smallest absolute Gasteiger partial charge is 0.307 e. The molecule has 0 aliphatic heterocycles. The summed E-state index contributed by atoms with van der Waals surface area (Å²) in [6.07, 6.45) is 1.51. The Balaban J connectivity index is 1.45. The fraction of sp³-hybridized carbons (Fsp3) is 0.0833. The summed E-state index contributed by atoms with van der Waals surface area (Å²) in [5, 5.41) is 4.84. The lowest BCUT2D eigenvalue weighted by Crippen LogP contribution is -2.16. The second-order valence-corrected chi connectivity index (χ2v) is 10.6. The third-order valence-corrected chi connectivity index (χ3v) is 6.85. The number of hydrogen-bond donors (Lipinski definition) is 1. The molecular weight excluding hydrogens is 700 g/mol. The minimum atomic E-state index is -0.462. The van der Waals surface area contributed by atoms with E-state index in [1.165, 1.54) is 6.21 Å². The number of hydrogen-bond acceptors (Lipinski definition) is 5. The molecule has 0 saturated carbocycles. The van der Waals surface area contributed by atoms with Crippen LogP contribution in [0, 0.1) is 0 Å². The molecular formula is C24H16Br4N2O4. The van der Waals surface area contributed by atoms with Gasteiger partial charge in [0.1, 0.15) is 12.2 Å². The van der Waals surface area contributed by atoms with Gasteiger partial charge in [-0.1, -0.05) is 44.0 Å². The Morgan fingerprint density at radius 2 is 1.76 bits per heavy atom. The second-order valence-electron chi connectivity index (χ2n) is 7.06. The van der Waals surface area contributed by atoms with Crippen molar-refractivity contribution in [1.82, 2.24) is 5.43 Å². The number of furan rings is 1. The quantitative estimate of drug-likeness (QED) is 0.156. The topological polar surface area (TPSA) is 73.1 Å². The number of halogens is 4. The Bertz CT molecular complexity index is 1380. The molecule has 4 aromatic rings. The largest absolute Gasteiger partial charge is 0.493 e. The van der Waals surface area contributed by atoms with Crippen LogP contribution >= 0.6 is 63.7 Å². The first-order valence-electron chi connectivity index (χ1n) is 9.81. The lowest BCUT2D eigenvalue weighted by Gasteiger charge is -2.13. The van der Waals surface area contributed by atoms with Crippen LogP contribution in [-0.4, -0.2) is 19.2 Å². The number of ether oxygens (including phenoxy) is 2. The fourth-order valence-electron chi connectivity index (χ4n) is 3.10. The first-order chi connectivity index (χ1) is 16.3.